The van der Waals surface area contributed by atoms with Crippen molar-refractivity contribution in [3.05, 3.63) is 122 Å². The smallest absolute Gasteiger partial charge is 0.306 e. The van der Waals surface area contributed by atoms with E-state index in [1.54, 1.807) is 6.08 Å². The molecule has 0 spiro atoms. The molecule has 1 aliphatic rings. The van der Waals surface area contributed by atoms with Gasteiger partial charge in [0, 0.05) is 6.42 Å². The number of nitrogens with one attached hydrogen (secondary N) is 1. The molecule has 1 aliphatic heterocycles. The fourth-order valence-electron chi connectivity index (χ4n) is 9.25. The van der Waals surface area contributed by atoms with E-state index in [2.05, 4.69) is 135 Å². The van der Waals surface area contributed by atoms with Gasteiger partial charge < -0.3 is 45.1 Å². The van der Waals surface area contributed by atoms with Gasteiger partial charge >= 0.3 is 5.97 Å². The van der Waals surface area contributed by atoms with Crippen LogP contribution in [0.15, 0.2) is 122 Å². The second kappa shape index (κ2) is 56.5. The SMILES string of the molecule is CC/C=C\C/C=C\C/C=C\C/C=C\C/C=C\C/C=C\CCCCCCCCC(=O)OC1C(OCC(NC(=O)C(O)CCCCC/C=C\C/C=C\C/C=C\CCCCC)C(O)/C=C/CCCCCCCCCCC)OC(CO)C(O)C1O. The molecule has 1 rings (SSSR count). The average Bonchev–Trinajstić information content (AvgIpc) is 3.52. The topological polar surface area (TPSA) is 175 Å². The first-order chi connectivity index (χ1) is 39.7. The average molecular weight is 1130 g/mol. The Morgan fingerprint density at radius 2 is 0.889 bits per heavy atom. The summed E-state index contributed by atoms with van der Waals surface area (Å²) in [5.74, 6) is -1.24. The molecule has 0 saturated carbocycles. The molecular weight excluding hydrogens is 1010 g/mol. The number of aliphatic hydroxyl groups excluding tert-OH is 5. The second-order valence-corrected chi connectivity index (χ2v) is 21.8. The van der Waals surface area contributed by atoms with E-state index in [4.69, 9.17) is 14.2 Å². The van der Waals surface area contributed by atoms with Crippen molar-refractivity contribution in [3.8, 4) is 0 Å². The van der Waals surface area contributed by atoms with E-state index in [1.807, 2.05) is 6.08 Å². The highest BCUT2D eigenvalue weighted by atomic mass is 16.7. The minimum absolute atomic E-state index is 0.0961. The zero-order valence-corrected chi connectivity index (χ0v) is 51.1. The zero-order valence-electron chi connectivity index (χ0n) is 51.1. The molecule has 0 bridgehead atoms. The molecular formula is C70H117NO10. The normalized spacial score (nSPS) is 19.5. The van der Waals surface area contributed by atoms with Gasteiger partial charge in [-0.15, -0.1) is 0 Å². The predicted molar refractivity (Wildman–Crippen MR) is 338 cm³/mol. The number of aliphatic hydroxyl groups is 5. The second-order valence-electron chi connectivity index (χ2n) is 21.8. The fourth-order valence-corrected chi connectivity index (χ4v) is 9.25. The molecule has 11 nitrogen and oxygen atoms in total. The number of carbonyl (C=O) groups excluding carboxylic acids is 2. The van der Waals surface area contributed by atoms with Crippen LogP contribution >= 0.6 is 0 Å². The summed E-state index contributed by atoms with van der Waals surface area (Å²) in [7, 11) is 0. The molecule has 11 heteroatoms. The third-order valence-electron chi connectivity index (χ3n) is 14.3. The van der Waals surface area contributed by atoms with E-state index in [0.29, 0.717) is 12.8 Å². The van der Waals surface area contributed by atoms with Crippen LogP contribution in [-0.4, -0.2) is 99.6 Å². The van der Waals surface area contributed by atoms with Gasteiger partial charge in [-0.2, -0.15) is 0 Å². The van der Waals surface area contributed by atoms with E-state index in [-0.39, 0.29) is 19.4 Å². The summed E-state index contributed by atoms with van der Waals surface area (Å²) >= 11 is 0. The molecule has 1 saturated heterocycles. The van der Waals surface area contributed by atoms with Crippen LogP contribution in [0.2, 0.25) is 0 Å². The molecule has 6 N–H and O–H groups in total. The van der Waals surface area contributed by atoms with Crippen LogP contribution in [0.1, 0.15) is 245 Å². The van der Waals surface area contributed by atoms with Crippen LogP contribution < -0.4 is 5.32 Å². The minimum Gasteiger partial charge on any atom is -0.454 e. The number of unbranched alkanes of at least 4 members (excludes halogenated alkanes) is 21. The summed E-state index contributed by atoms with van der Waals surface area (Å²) in [6, 6.07) is -1.05. The summed E-state index contributed by atoms with van der Waals surface area (Å²) in [5, 5.41) is 57.0. The van der Waals surface area contributed by atoms with Crippen LogP contribution in [0.5, 0.6) is 0 Å². The molecule has 1 amide bonds. The van der Waals surface area contributed by atoms with E-state index in [0.717, 1.165) is 141 Å². The van der Waals surface area contributed by atoms with Crippen molar-refractivity contribution in [2.75, 3.05) is 13.2 Å². The van der Waals surface area contributed by atoms with Crippen molar-refractivity contribution in [2.45, 2.75) is 294 Å². The highest BCUT2D eigenvalue weighted by Gasteiger charge is 2.47. The highest BCUT2D eigenvalue weighted by molar-refractivity contribution is 5.80. The Morgan fingerprint density at radius 1 is 0.494 bits per heavy atom. The maximum Gasteiger partial charge on any atom is 0.306 e. The Labute approximate surface area is 493 Å². The van der Waals surface area contributed by atoms with Gasteiger partial charge in [-0.1, -0.05) is 245 Å². The minimum atomic E-state index is -1.63. The van der Waals surface area contributed by atoms with Crippen molar-refractivity contribution < 1.29 is 49.3 Å². The van der Waals surface area contributed by atoms with Crippen LogP contribution in [0, 0.1) is 0 Å². The van der Waals surface area contributed by atoms with Gasteiger partial charge in [-0.25, -0.2) is 0 Å². The number of allylic oxidation sites excluding steroid dienone is 19. The molecule has 0 aromatic carbocycles. The molecule has 0 aliphatic carbocycles. The molecule has 0 aromatic rings. The Kier molecular flexibility index (Phi) is 52.4. The number of carbonyl (C=O) groups is 2. The summed E-state index contributed by atoms with van der Waals surface area (Å²) in [6.45, 7) is 5.61. The number of hydrogen-bond acceptors (Lipinski definition) is 10. The van der Waals surface area contributed by atoms with Gasteiger partial charge in [0.1, 0.15) is 24.4 Å². The van der Waals surface area contributed by atoms with Gasteiger partial charge in [-0.05, 0) is 116 Å². The third kappa shape index (κ3) is 44.3. The molecule has 81 heavy (non-hydrogen) atoms. The van der Waals surface area contributed by atoms with E-state index < -0.39 is 67.4 Å². The number of ether oxygens (including phenoxy) is 3. The van der Waals surface area contributed by atoms with Gasteiger partial charge in [-0.3, -0.25) is 9.59 Å². The first-order valence-corrected chi connectivity index (χ1v) is 32.3. The number of amides is 1. The Bertz CT molecular complexity index is 1780. The summed E-state index contributed by atoms with van der Waals surface area (Å²) in [6.07, 6.45) is 68.0. The lowest BCUT2D eigenvalue weighted by Crippen LogP contribution is -2.61. The zero-order chi connectivity index (χ0) is 58.9. The van der Waals surface area contributed by atoms with Crippen LogP contribution in [0.3, 0.4) is 0 Å². The lowest BCUT2D eigenvalue weighted by Gasteiger charge is -2.41. The molecule has 1 heterocycles. The quantitative estimate of drug-likeness (QED) is 0.0195. The van der Waals surface area contributed by atoms with Crippen LogP contribution in [-0.2, 0) is 23.8 Å². The Morgan fingerprint density at radius 3 is 1.36 bits per heavy atom. The monoisotopic (exact) mass is 1130 g/mol. The predicted octanol–water partition coefficient (Wildman–Crippen LogP) is 15.8. The molecule has 0 aromatic heterocycles. The van der Waals surface area contributed by atoms with Crippen molar-refractivity contribution in [2.24, 2.45) is 0 Å². The lowest BCUT2D eigenvalue weighted by atomic mass is 9.99. The molecule has 8 atom stereocenters. The van der Waals surface area contributed by atoms with Gasteiger partial charge in [0.2, 0.25) is 5.91 Å². The van der Waals surface area contributed by atoms with Crippen molar-refractivity contribution in [3.63, 3.8) is 0 Å². The van der Waals surface area contributed by atoms with Crippen LogP contribution in [0.4, 0.5) is 0 Å². The van der Waals surface area contributed by atoms with Gasteiger partial charge in [0.05, 0.1) is 25.4 Å². The standard InChI is InChI=1S/C70H117NO10/c1-4-7-10-13-16-19-22-24-26-28-29-30-31-32-33-34-35-36-38-40-43-46-49-52-55-58-65(75)81-68-67(77)66(76)64(59-72)80-70(68)79-60-61(62(73)56-53-50-47-44-41-21-18-15-12-9-6-3)71-69(78)63(74)57-54-51-48-45-42-39-37-27-25-23-20-17-14-11-8-5-2/h7,10,16-17,19-20,24-27,29-30,32-33,35-36,39,42,53,56,61-64,66-68,70,72-74,76-77H,4-6,8-9,11-15,18,21-23,28,31,34,37-38,40-41,43-52,54-55,57-60H2,1-3H3,(H,71,78)/b10-7-,19-16-,20-17-,26-24-,27-25-,30-29-,33-32-,36-35-,42-39-,56-53+. The summed E-state index contributed by atoms with van der Waals surface area (Å²) in [4.78, 5) is 26.6. The first-order valence-electron chi connectivity index (χ1n) is 32.3. The Balaban J connectivity index is 2.64. The van der Waals surface area contributed by atoms with Gasteiger partial charge in [0.25, 0.3) is 0 Å². The first kappa shape index (κ1) is 75.1. The van der Waals surface area contributed by atoms with E-state index in [9.17, 15) is 35.1 Å². The largest absolute Gasteiger partial charge is 0.454 e. The lowest BCUT2D eigenvalue weighted by molar-refractivity contribution is -0.305. The van der Waals surface area contributed by atoms with Crippen molar-refractivity contribution in [1.29, 1.82) is 0 Å². The van der Waals surface area contributed by atoms with E-state index >= 15 is 0 Å². The molecule has 1 fully saturated rings. The number of hydrogen-bond donors (Lipinski definition) is 6. The van der Waals surface area contributed by atoms with E-state index in [1.165, 1.54) is 57.8 Å². The molecule has 0 radical (unpaired) electrons. The highest BCUT2D eigenvalue weighted by Crippen LogP contribution is 2.26. The maximum absolute atomic E-state index is 13.4. The van der Waals surface area contributed by atoms with Crippen molar-refractivity contribution >= 4 is 11.9 Å². The van der Waals surface area contributed by atoms with Crippen molar-refractivity contribution in [1.82, 2.24) is 5.32 Å². The summed E-state index contributed by atoms with van der Waals surface area (Å²) < 4.78 is 17.6. The summed E-state index contributed by atoms with van der Waals surface area (Å²) in [5.41, 5.74) is 0. The number of esters is 1. The maximum atomic E-state index is 13.4. The molecule has 462 valence electrons. The third-order valence-corrected chi connectivity index (χ3v) is 14.3. The fraction of sp³-hybridized carbons (Fsp3) is 0.686. The Hall–Kier alpha value is -3.94. The van der Waals surface area contributed by atoms with Crippen LogP contribution in [0.25, 0.3) is 0 Å². The number of rotatable bonds is 53. The van der Waals surface area contributed by atoms with Gasteiger partial charge in [0.15, 0.2) is 12.4 Å². The molecule has 8 unspecified atom stereocenters.